The van der Waals surface area contributed by atoms with Gasteiger partial charge in [-0.3, -0.25) is 4.79 Å². The molecule has 21 heavy (non-hydrogen) atoms. The largest absolute Gasteiger partial charge is 0.478 e. The van der Waals surface area contributed by atoms with E-state index in [4.69, 9.17) is 4.74 Å². The molecule has 0 aliphatic carbocycles. The van der Waals surface area contributed by atoms with Gasteiger partial charge in [-0.15, -0.1) is 0 Å². The van der Waals surface area contributed by atoms with Gasteiger partial charge in [-0.1, -0.05) is 6.92 Å². The quantitative estimate of drug-likeness (QED) is 0.865. The number of hydrogen-bond acceptors (Lipinski definition) is 5. The molecule has 1 saturated heterocycles. The van der Waals surface area contributed by atoms with Crippen LogP contribution in [0.2, 0.25) is 0 Å². The van der Waals surface area contributed by atoms with Gasteiger partial charge < -0.3 is 15.0 Å². The highest BCUT2D eigenvalue weighted by atomic mass is 16.5. The third-order valence-electron chi connectivity index (χ3n) is 3.51. The maximum atomic E-state index is 11.7. The molecular formula is C15H24N4O2. The molecule has 0 radical (unpaired) electrons. The monoisotopic (exact) mass is 292 g/mol. The van der Waals surface area contributed by atoms with Gasteiger partial charge in [0.25, 0.3) is 0 Å². The van der Waals surface area contributed by atoms with Gasteiger partial charge in [-0.2, -0.15) is 0 Å². The van der Waals surface area contributed by atoms with Gasteiger partial charge in [0, 0.05) is 31.6 Å². The van der Waals surface area contributed by atoms with E-state index >= 15 is 0 Å². The zero-order valence-corrected chi connectivity index (χ0v) is 12.8. The van der Waals surface area contributed by atoms with Crippen molar-refractivity contribution in [3.63, 3.8) is 0 Å². The molecule has 6 nitrogen and oxygen atoms in total. The first kappa shape index (κ1) is 15.5. The van der Waals surface area contributed by atoms with Crippen molar-refractivity contribution < 1.29 is 9.53 Å². The predicted molar refractivity (Wildman–Crippen MR) is 81.5 cm³/mol. The summed E-state index contributed by atoms with van der Waals surface area (Å²) >= 11 is 0. The summed E-state index contributed by atoms with van der Waals surface area (Å²) in [5.74, 6) is 1.60. The highest BCUT2D eigenvalue weighted by Gasteiger charge is 2.22. The molecule has 1 atom stereocenters. The first-order chi connectivity index (χ1) is 10.2. The minimum absolute atomic E-state index is 0.141. The molecule has 2 rings (SSSR count). The van der Waals surface area contributed by atoms with Gasteiger partial charge in [-0.05, 0) is 26.2 Å². The number of nitrogens with one attached hydrogen (secondary N) is 1. The Morgan fingerprint density at radius 3 is 3.10 bits per heavy atom. The number of carbonyl (C=O) groups excluding carboxylic acids is 1. The Balaban J connectivity index is 1.97. The first-order valence-electron chi connectivity index (χ1n) is 7.72. The average molecular weight is 292 g/mol. The van der Waals surface area contributed by atoms with E-state index in [-0.39, 0.29) is 11.9 Å². The van der Waals surface area contributed by atoms with Gasteiger partial charge in [0.2, 0.25) is 11.8 Å². The van der Waals surface area contributed by atoms with Crippen molar-refractivity contribution in [2.45, 2.75) is 45.6 Å². The molecule has 1 aliphatic rings. The van der Waals surface area contributed by atoms with Crippen LogP contribution in [0.4, 0.5) is 5.82 Å². The first-order valence-corrected chi connectivity index (χ1v) is 7.72. The number of hydrogen-bond donors (Lipinski definition) is 1. The van der Waals surface area contributed by atoms with Crippen LogP contribution in [-0.4, -0.2) is 41.6 Å². The second-order valence-electron chi connectivity index (χ2n) is 5.25. The minimum Gasteiger partial charge on any atom is -0.478 e. The zero-order valence-electron chi connectivity index (χ0n) is 12.8. The van der Waals surface area contributed by atoms with Crippen LogP contribution in [-0.2, 0) is 4.79 Å². The number of rotatable bonds is 6. The number of anilines is 1. The molecule has 1 aliphatic heterocycles. The molecule has 1 aromatic rings. The summed E-state index contributed by atoms with van der Waals surface area (Å²) in [6, 6.07) is 2.06. The van der Waals surface area contributed by atoms with E-state index in [9.17, 15) is 4.79 Å². The van der Waals surface area contributed by atoms with Crippen molar-refractivity contribution in [2.24, 2.45) is 0 Å². The highest BCUT2D eigenvalue weighted by Crippen LogP contribution is 2.20. The Bertz CT molecular complexity index is 467. The standard InChI is InChI=1S/C15H24N4O2/c1-3-6-14(20)18-12-7-5-8-19(10-12)13-9-15(21-4-2)17-11-16-13/h9,11-12H,3-8,10H2,1-2H3,(H,18,20). The summed E-state index contributed by atoms with van der Waals surface area (Å²) in [7, 11) is 0. The minimum atomic E-state index is 0.141. The molecule has 2 heterocycles. The fourth-order valence-electron chi connectivity index (χ4n) is 2.56. The fraction of sp³-hybridized carbons (Fsp3) is 0.667. The number of ether oxygens (including phenoxy) is 1. The molecule has 1 amide bonds. The lowest BCUT2D eigenvalue weighted by Gasteiger charge is -2.34. The van der Waals surface area contributed by atoms with Crippen LogP contribution in [0.25, 0.3) is 0 Å². The normalized spacial score (nSPS) is 18.4. The van der Waals surface area contributed by atoms with Gasteiger partial charge in [-0.25, -0.2) is 9.97 Å². The Kier molecular flexibility index (Phi) is 5.78. The van der Waals surface area contributed by atoms with Gasteiger partial charge in [0.1, 0.15) is 12.1 Å². The van der Waals surface area contributed by atoms with Gasteiger partial charge >= 0.3 is 0 Å². The molecule has 6 heteroatoms. The second kappa shape index (κ2) is 7.81. The number of carbonyl (C=O) groups is 1. The van der Waals surface area contributed by atoms with E-state index in [1.807, 2.05) is 19.9 Å². The lowest BCUT2D eigenvalue weighted by molar-refractivity contribution is -0.121. The van der Waals surface area contributed by atoms with Crippen LogP contribution in [0.5, 0.6) is 5.88 Å². The molecule has 0 spiro atoms. The summed E-state index contributed by atoms with van der Waals surface area (Å²) in [5, 5.41) is 3.10. The van der Waals surface area contributed by atoms with Crippen LogP contribution in [0.3, 0.4) is 0 Å². The summed E-state index contributed by atoms with van der Waals surface area (Å²) in [6.07, 6.45) is 5.07. The Morgan fingerprint density at radius 2 is 2.33 bits per heavy atom. The molecule has 0 saturated carbocycles. The van der Waals surface area contributed by atoms with Crippen molar-refractivity contribution in [3.8, 4) is 5.88 Å². The predicted octanol–water partition coefficient (Wildman–Crippen LogP) is 1.76. The van der Waals surface area contributed by atoms with Crippen LogP contribution < -0.4 is 15.0 Å². The van der Waals surface area contributed by atoms with E-state index in [2.05, 4.69) is 20.2 Å². The Morgan fingerprint density at radius 1 is 1.48 bits per heavy atom. The number of piperidine rings is 1. The molecule has 0 aromatic carbocycles. The highest BCUT2D eigenvalue weighted by molar-refractivity contribution is 5.76. The van der Waals surface area contributed by atoms with Gasteiger partial charge in [0.05, 0.1) is 6.61 Å². The SMILES string of the molecule is CCCC(=O)NC1CCCN(c2cc(OCC)ncn2)C1. The summed E-state index contributed by atoms with van der Waals surface area (Å²) in [6.45, 7) is 6.28. The molecule has 1 aromatic heterocycles. The van der Waals surface area contributed by atoms with Gasteiger partial charge in [0.15, 0.2) is 0 Å². The van der Waals surface area contributed by atoms with Crippen molar-refractivity contribution in [3.05, 3.63) is 12.4 Å². The summed E-state index contributed by atoms with van der Waals surface area (Å²) in [4.78, 5) is 22.3. The van der Waals surface area contributed by atoms with Crippen LogP contribution in [0.15, 0.2) is 12.4 Å². The lowest BCUT2D eigenvalue weighted by Crippen LogP contribution is -2.48. The molecule has 1 unspecified atom stereocenters. The third kappa shape index (κ3) is 4.58. The van der Waals surface area contributed by atoms with E-state index < -0.39 is 0 Å². The Hall–Kier alpha value is -1.85. The number of aromatic nitrogens is 2. The van der Waals surface area contributed by atoms with E-state index in [1.165, 1.54) is 6.33 Å². The second-order valence-corrected chi connectivity index (χ2v) is 5.25. The van der Waals surface area contributed by atoms with Crippen molar-refractivity contribution in [1.82, 2.24) is 15.3 Å². The topological polar surface area (TPSA) is 67.4 Å². The van der Waals surface area contributed by atoms with Crippen molar-refractivity contribution in [2.75, 3.05) is 24.6 Å². The van der Waals surface area contributed by atoms with Crippen LogP contribution in [0.1, 0.15) is 39.5 Å². The van der Waals surface area contributed by atoms with Crippen LogP contribution in [0, 0.1) is 0 Å². The molecule has 1 fully saturated rings. The lowest BCUT2D eigenvalue weighted by atomic mass is 10.1. The summed E-state index contributed by atoms with van der Waals surface area (Å²) < 4.78 is 5.41. The molecule has 0 bridgehead atoms. The number of amides is 1. The zero-order chi connectivity index (χ0) is 15.1. The molecule has 1 N–H and O–H groups in total. The maximum Gasteiger partial charge on any atom is 0.220 e. The fourth-order valence-corrected chi connectivity index (χ4v) is 2.56. The summed E-state index contributed by atoms with van der Waals surface area (Å²) in [5.41, 5.74) is 0. The van der Waals surface area contributed by atoms with Crippen molar-refractivity contribution in [1.29, 1.82) is 0 Å². The Labute approximate surface area is 125 Å². The molecular weight excluding hydrogens is 268 g/mol. The molecule has 116 valence electrons. The van der Waals surface area contributed by atoms with Crippen molar-refractivity contribution >= 4 is 11.7 Å². The number of nitrogens with zero attached hydrogens (tertiary/aromatic N) is 3. The third-order valence-corrected chi connectivity index (χ3v) is 3.51. The van der Waals surface area contributed by atoms with E-state index in [0.29, 0.717) is 18.9 Å². The van der Waals surface area contributed by atoms with E-state index in [0.717, 1.165) is 38.2 Å². The van der Waals surface area contributed by atoms with E-state index in [1.54, 1.807) is 0 Å². The maximum absolute atomic E-state index is 11.7. The average Bonchev–Trinajstić information content (AvgIpc) is 2.48. The smallest absolute Gasteiger partial charge is 0.220 e. The van der Waals surface area contributed by atoms with Crippen LogP contribution >= 0.6 is 0 Å².